The summed E-state index contributed by atoms with van der Waals surface area (Å²) in [5.74, 6) is 1.22. The minimum Gasteiger partial charge on any atom is -0.490 e. The van der Waals surface area contributed by atoms with Gasteiger partial charge in [-0.25, -0.2) is 8.42 Å². The molecule has 1 aliphatic heterocycles. The van der Waals surface area contributed by atoms with E-state index in [0.29, 0.717) is 30.3 Å². The van der Waals surface area contributed by atoms with E-state index in [-0.39, 0.29) is 0 Å². The SMILES string of the molecule is CC(c1ccc2c(c1)OCCCO2)S(=O)(=O)Cl. The summed E-state index contributed by atoms with van der Waals surface area (Å²) < 4.78 is 33.5. The van der Waals surface area contributed by atoms with Gasteiger partial charge in [0.05, 0.1) is 18.5 Å². The van der Waals surface area contributed by atoms with Crippen LogP contribution in [0.2, 0.25) is 0 Å². The van der Waals surface area contributed by atoms with Crippen LogP contribution in [-0.4, -0.2) is 21.6 Å². The van der Waals surface area contributed by atoms with Crippen LogP contribution in [0.1, 0.15) is 24.2 Å². The molecule has 0 fully saturated rings. The van der Waals surface area contributed by atoms with Gasteiger partial charge in [0, 0.05) is 17.1 Å². The van der Waals surface area contributed by atoms with Crippen LogP contribution in [-0.2, 0) is 9.05 Å². The molecule has 0 bridgehead atoms. The lowest BCUT2D eigenvalue weighted by atomic mass is 10.1. The molecule has 0 saturated carbocycles. The van der Waals surface area contributed by atoms with E-state index < -0.39 is 14.3 Å². The maximum Gasteiger partial charge on any atom is 0.239 e. The van der Waals surface area contributed by atoms with Crippen molar-refractivity contribution in [2.24, 2.45) is 0 Å². The molecule has 1 aliphatic rings. The average molecular weight is 277 g/mol. The van der Waals surface area contributed by atoms with Gasteiger partial charge in [0.25, 0.3) is 0 Å². The molecule has 1 heterocycles. The third kappa shape index (κ3) is 2.84. The average Bonchev–Trinajstić information content (AvgIpc) is 2.50. The highest BCUT2D eigenvalue weighted by Gasteiger charge is 2.21. The molecule has 2 rings (SSSR count). The second kappa shape index (κ2) is 4.74. The molecular formula is C11H13ClO4S. The highest BCUT2D eigenvalue weighted by atomic mass is 35.7. The second-order valence-electron chi connectivity index (χ2n) is 3.87. The molecule has 1 atom stereocenters. The zero-order valence-electron chi connectivity index (χ0n) is 9.35. The van der Waals surface area contributed by atoms with E-state index in [0.717, 1.165) is 6.42 Å². The van der Waals surface area contributed by atoms with Crippen molar-refractivity contribution in [2.45, 2.75) is 18.6 Å². The third-order valence-electron chi connectivity index (χ3n) is 2.66. The number of ether oxygens (including phenoxy) is 2. The molecular weight excluding hydrogens is 264 g/mol. The molecule has 94 valence electrons. The van der Waals surface area contributed by atoms with Crippen LogP contribution in [0.25, 0.3) is 0 Å². The van der Waals surface area contributed by atoms with Gasteiger partial charge < -0.3 is 9.47 Å². The second-order valence-corrected chi connectivity index (χ2v) is 6.82. The summed E-state index contributed by atoms with van der Waals surface area (Å²) in [5, 5.41) is -0.763. The normalized spacial score (nSPS) is 17.3. The molecule has 4 nitrogen and oxygen atoms in total. The molecule has 0 aliphatic carbocycles. The zero-order valence-corrected chi connectivity index (χ0v) is 10.9. The molecule has 0 amide bonds. The lowest BCUT2D eigenvalue weighted by Gasteiger charge is -2.12. The summed E-state index contributed by atoms with van der Waals surface area (Å²) in [5.41, 5.74) is 0.601. The molecule has 1 aromatic carbocycles. The van der Waals surface area contributed by atoms with Gasteiger partial charge in [-0.15, -0.1) is 0 Å². The van der Waals surface area contributed by atoms with E-state index >= 15 is 0 Å². The number of fused-ring (bicyclic) bond motifs is 1. The van der Waals surface area contributed by atoms with Crippen molar-refractivity contribution < 1.29 is 17.9 Å². The van der Waals surface area contributed by atoms with E-state index in [4.69, 9.17) is 20.2 Å². The van der Waals surface area contributed by atoms with Crippen LogP contribution >= 0.6 is 10.7 Å². The van der Waals surface area contributed by atoms with Gasteiger partial charge >= 0.3 is 0 Å². The first kappa shape index (κ1) is 12.5. The van der Waals surface area contributed by atoms with Crippen LogP contribution < -0.4 is 9.47 Å². The van der Waals surface area contributed by atoms with Crippen molar-refractivity contribution in [1.29, 1.82) is 0 Å². The summed E-state index contributed by atoms with van der Waals surface area (Å²) in [6.45, 7) is 2.72. The van der Waals surface area contributed by atoms with Gasteiger partial charge in [-0.3, -0.25) is 0 Å². The van der Waals surface area contributed by atoms with Gasteiger partial charge in [-0.1, -0.05) is 6.07 Å². The summed E-state index contributed by atoms with van der Waals surface area (Å²) in [4.78, 5) is 0. The Morgan fingerprint density at radius 3 is 2.53 bits per heavy atom. The Morgan fingerprint density at radius 2 is 1.88 bits per heavy atom. The van der Waals surface area contributed by atoms with E-state index in [1.54, 1.807) is 25.1 Å². The Morgan fingerprint density at radius 1 is 1.24 bits per heavy atom. The topological polar surface area (TPSA) is 52.6 Å². The minimum atomic E-state index is -3.62. The third-order valence-corrected chi connectivity index (χ3v) is 4.58. The van der Waals surface area contributed by atoms with E-state index in [1.807, 2.05) is 0 Å². The molecule has 1 unspecified atom stereocenters. The largest absolute Gasteiger partial charge is 0.490 e. The number of hydrogen-bond acceptors (Lipinski definition) is 4. The van der Waals surface area contributed by atoms with Gasteiger partial charge in [0.1, 0.15) is 0 Å². The number of halogens is 1. The van der Waals surface area contributed by atoms with Gasteiger partial charge in [-0.05, 0) is 24.6 Å². The minimum absolute atomic E-state index is 0.568. The maximum atomic E-state index is 11.3. The van der Waals surface area contributed by atoms with Crippen molar-refractivity contribution in [3.63, 3.8) is 0 Å². The van der Waals surface area contributed by atoms with Gasteiger partial charge in [0.15, 0.2) is 11.5 Å². The Labute approximate surface area is 105 Å². The highest BCUT2D eigenvalue weighted by molar-refractivity contribution is 8.13. The lowest BCUT2D eigenvalue weighted by molar-refractivity contribution is 0.297. The predicted molar refractivity (Wildman–Crippen MR) is 65.2 cm³/mol. The van der Waals surface area contributed by atoms with Crippen molar-refractivity contribution in [1.82, 2.24) is 0 Å². The zero-order chi connectivity index (χ0) is 12.5. The quantitative estimate of drug-likeness (QED) is 0.779. The number of benzene rings is 1. The fourth-order valence-electron chi connectivity index (χ4n) is 1.60. The Balaban J connectivity index is 2.36. The molecule has 0 radical (unpaired) electrons. The van der Waals surface area contributed by atoms with Crippen molar-refractivity contribution in [3.8, 4) is 11.5 Å². The summed E-state index contributed by atoms with van der Waals surface area (Å²) in [6, 6.07) is 5.08. The summed E-state index contributed by atoms with van der Waals surface area (Å²) in [7, 11) is 1.72. The van der Waals surface area contributed by atoms with Crippen molar-refractivity contribution in [3.05, 3.63) is 23.8 Å². The molecule has 1 aromatic rings. The first-order chi connectivity index (χ1) is 7.98. The van der Waals surface area contributed by atoms with E-state index in [9.17, 15) is 8.42 Å². The van der Waals surface area contributed by atoms with Crippen LogP contribution in [0.5, 0.6) is 11.5 Å². The Hall–Kier alpha value is -0.940. The first-order valence-electron chi connectivity index (χ1n) is 5.31. The summed E-state index contributed by atoms with van der Waals surface area (Å²) >= 11 is 0. The summed E-state index contributed by atoms with van der Waals surface area (Å²) in [6.07, 6.45) is 0.813. The predicted octanol–water partition coefficient (Wildman–Crippen LogP) is 2.48. The van der Waals surface area contributed by atoms with Crippen LogP contribution in [0, 0.1) is 0 Å². The number of hydrogen-bond donors (Lipinski definition) is 0. The van der Waals surface area contributed by atoms with Crippen LogP contribution in [0.15, 0.2) is 18.2 Å². The fourth-order valence-corrected chi connectivity index (χ4v) is 2.38. The standard InChI is InChI=1S/C11H13ClO4S/c1-8(17(12,13)14)9-3-4-10-11(7-9)16-6-2-5-15-10/h3-4,7-8H,2,5-6H2,1H3. The molecule has 6 heteroatoms. The molecule has 0 aromatic heterocycles. The lowest BCUT2D eigenvalue weighted by Crippen LogP contribution is -2.03. The van der Waals surface area contributed by atoms with E-state index in [2.05, 4.69) is 0 Å². The van der Waals surface area contributed by atoms with Crippen LogP contribution in [0.3, 0.4) is 0 Å². The van der Waals surface area contributed by atoms with Gasteiger partial charge in [-0.2, -0.15) is 0 Å². The highest BCUT2D eigenvalue weighted by Crippen LogP contribution is 2.34. The smallest absolute Gasteiger partial charge is 0.239 e. The fraction of sp³-hybridized carbons (Fsp3) is 0.455. The van der Waals surface area contributed by atoms with Crippen molar-refractivity contribution >= 4 is 19.7 Å². The Bertz CT molecular complexity index is 512. The molecule has 0 saturated heterocycles. The monoisotopic (exact) mass is 276 g/mol. The maximum absolute atomic E-state index is 11.3. The van der Waals surface area contributed by atoms with E-state index in [1.165, 1.54) is 0 Å². The van der Waals surface area contributed by atoms with Crippen LogP contribution in [0.4, 0.5) is 0 Å². The molecule has 0 N–H and O–H groups in total. The van der Waals surface area contributed by atoms with Crippen molar-refractivity contribution in [2.75, 3.05) is 13.2 Å². The molecule has 0 spiro atoms. The Kier molecular flexibility index (Phi) is 3.49. The van der Waals surface area contributed by atoms with Gasteiger partial charge in [0.2, 0.25) is 9.05 Å². The number of rotatable bonds is 2. The first-order valence-corrected chi connectivity index (χ1v) is 7.69. The molecule has 17 heavy (non-hydrogen) atoms.